The number of rotatable bonds is 4. The first-order valence-corrected chi connectivity index (χ1v) is 6.66. The predicted octanol–water partition coefficient (Wildman–Crippen LogP) is 3.53. The largest absolute Gasteiger partial charge is 0.510 e. The van der Waals surface area contributed by atoms with Crippen LogP contribution in [0.25, 0.3) is 10.7 Å². The van der Waals surface area contributed by atoms with E-state index in [2.05, 4.69) is 9.71 Å². The zero-order valence-corrected chi connectivity index (χ0v) is 12.1. The SMILES string of the molecule is COC(=O)/C([N+]#N)=C(\O)c1ccccc1Cc1ccccc1. The topological polar surface area (TPSA) is 74.7 Å². The van der Waals surface area contributed by atoms with Crippen LogP contribution in [0.3, 0.4) is 0 Å². The van der Waals surface area contributed by atoms with E-state index in [0.717, 1.165) is 18.2 Å². The standard InChI is InChI=1S/C17H14N2O3/c1-22-17(21)15(19-18)16(20)14-10-6-5-9-13(14)11-12-7-3-2-4-8-12/h2-10H,11H2,1H3/p+1. The van der Waals surface area contributed by atoms with Gasteiger partial charge in [-0.1, -0.05) is 54.6 Å². The molecule has 0 saturated heterocycles. The molecule has 2 aromatic carbocycles. The van der Waals surface area contributed by atoms with E-state index in [0.29, 0.717) is 12.0 Å². The lowest BCUT2D eigenvalue weighted by Gasteiger charge is -2.07. The van der Waals surface area contributed by atoms with E-state index in [1.54, 1.807) is 12.1 Å². The second kappa shape index (κ2) is 7.04. The van der Waals surface area contributed by atoms with Gasteiger partial charge in [0, 0.05) is 5.56 Å². The Kier molecular flexibility index (Phi) is 4.89. The smallest absolute Gasteiger partial charge is 0.501 e. The van der Waals surface area contributed by atoms with Gasteiger partial charge in [0.25, 0.3) is 0 Å². The first-order chi connectivity index (χ1) is 10.7. The lowest BCUT2D eigenvalue weighted by molar-refractivity contribution is -0.135. The monoisotopic (exact) mass is 295 g/mol. The molecule has 0 bridgehead atoms. The molecule has 5 heteroatoms. The van der Waals surface area contributed by atoms with Crippen molar-refractivity contribution in [2.24, 2.45) is 0 Å². The number of benzene rings is 2. The summed E-state index contributed by atoms with van der Waals surface area (Å²) in [5.41, 5.74) is 1.76. The molecule has 2 aromatic rings. The number of ether oxygens (including phenoxy) is 1. The highest BCUT2D eigenvalue weighted by molar-refractivity contribution is 5.97. The van der Waals surface area contributed by atoms with Crippen molar-refractivity contribution in [1.29, 1.82) is 5.39 Å². The first-order valence-electron chi connectivity index (χ1n) is 6.66. The number of hydrogen-bond acceptors (Lipinski definition) is 4. The molecule has 5 nitrogen and oxygen atoms in total. The maximum atomic E-state index is 11.5. The molecule has 0 aliphatic rings. The van der Waals surface area contributed by atoms with Gasteiger partial charge < -0.3 is 9.84 Å². The number of aliphatic hydroxyl groups excluding tert-OH is 1. The first kappa shape index (κ1) is 15.3. The maximum absolute atomic E-state index is 11.5. The predicted molar refractivity (Wildman–Crippen MR) is 82.3 cm³/mol. The molecule has 0 atom stereocenters. The Hall–Kier alpha value is -3.13. The highest BCUT2D eigenvalue weighted by Gasteiger charge is 2.31. The summed E-state index contributed by atoms with van der Waals surface area (Å²) in [7, 11) is 1.15. The van der Waals surface area contributed by atoms with Crippen molar-refractivity contribution in [3.05, 3.63) is 82.0 Å². The summed E-state index contributed by atoms with van der Waals surface area (Å²) in [6.07, 6.45) is 0.570. The maximum Gasteiger partial charge on any atom is 0.510 e. The zero-order valence-electron chi connectivity index (χ0n) is 12.1. The number of aliphatic hydroxyl groups is 1. The Bertz CT molecular complexity index is 746. The fourth-order valence-electron chi connectivity index (χ4n) is 2.13. The van der Waals surface area contributed by atoms with Gasteiger partial charge >= 0.3 is 11.7 Å². The summed E-state index contributed by atoms with van der Waals surface area (Å²) in [6.45, 7) is 0. The molecule has 0 unspecified atom stereocenters. The quantitative estimate of drug-likeness (QED) is 0.405. The van der Waals surface area contributed by atoms with Crippen molar-refractivity contribution >= 4 is 11.7 Å². The fraction of sp³-hybridized carbons (Fsp3) is 0.118. The van der Waals surface area contributed by atoms with Gasteiger partial charge in [0.05, 0.1) is 7.11 Å². The van der Waals surface area contributed by atoms with E-state index in [1.165, 1.54) is 0 Å². The van der Waals surface area contributed by atoms with Crippen molar-refractivity contribution in [3.8, 4) is 0 Å². The van der Waals surface area contributed by atoms with E-state index in [1.807, 2.05) is 42.5 Å². The van der Waals surface area contributed by atoms with Crippen LogP contribution in [0.1, 0.15) is 16.7 Å². The van der Waals surface area contributed by atoms with Crippen molar-refractivity contribution in [1.82, 2.24) is 0 Å². The molecule has 0 radical (unpaired) electrons. The lowest BCUT2D eigenvalue weighted by Crippen LogP contribution is -2.06. The number of diazo groups is 1. The van der Waals surface area contributed by atoms with Crippen LogP contribution in [-0.2, 0) is 16.0 Å². The van der Waals surface area contributed by atoms with Crippen LogP contribution in [0.15, 0.2) is 60.3 Å². The molecule has 0 aliphatic heterocycles. The molecule has 0 heterocycles. The molecule has 2 rings (SSSR count). The summed E-state index contributed by atoms with van der Waals surface area (Å²) in [5, 5.41) is 19.2. The number of carbonyl (C=O) groups excluding carboxylic acids is 1. The molecule has 0 aromatic heterocycles. The number of esters is 1. The van der Waals surface area contributed by atoms with Crippen molar-refractivity contribution in [2.75, 3.05) is 7.11 Å². The zero-order chi connectivity index (χ0) is 15.9. The summed E-state index contributed by atoms with van der Waals surface area (Å²) in [4.78, 5) is 14.4. The molecule has 0 fully saturated rings. The van der Waals surface area contributed by atoms with Crippen molar-refractivity contribution in [3.63, 3.8) is 0 Å². The molecular formula is C17H15N2O3+. The van der Waals surface area contributed by atoms with Crippen LogP contribution in [0.2, 0.25) is 0 Å². The second-order valence-electron chi connectivity index (χ2n) is 4.61. The summed E-state index contributed by atoms with van der Waals surface area (Å²) >= 11 is 0. The summed E-state index contributed by atoms with van der Waals surface area (Å²) in [5.74, 6) is -1.32. The third-order valence-electron chi connectivity index (χ3n) is 3.21. The molecule has 0 aliphatic carbocycles. The van der Waals surface area contributed by atoms with Gasteiger partial charge in [0.1, 0.15) is 0 Å². The summed E-state index contributed by atoms with van der Waals surface area (Å²) < 4.78 is 4.49. The van der Waals surface area contributed by atoms with Crippen molar-refractivity contribution in [2.45, 2.75) is 6.42 Å². The molecule has 110 valence electrons. The minimum atomic E-state index is -0.908. The summed E-state index contributed by atoms with van der Waals surface area (Å²) in [6, 6.07) is 16.8. The Balaban J connectivity index is 2.46. The van der Waals surface area contributed by atoms with Gasteiger partial charge in [-0.2, -0.15) is 0 Å². The van der Waals surface area contributed by atoms with Gasteiger partial charge in [0.2, 0.25) is 11.2 Å². The normalized spacial score (nSPS) is 11.3. The van der Waals surface area contributed by atoms with E-state index >= 15 is 0 Å². The van der Waals surface area contributed by atoms with Crippen LogP contribution in [-0.4, -0.2) is 18.2 Å². The Morgan fingerprint density at radius 1 is 1.14 bits per heavy atom. The highest BCUT2D eigenvalue weighted by Crippen LogP contribution is 2.24. The molecule has 1 N–H and O–H groups in total. The number of nitrogens with zero attached hydrogens (tertiary/aromatic N) is 2. The number of carbonyl (C=O) groups is 1. The van der Waals surface area contributed by atoms with Crippen molar-refractivity contribution < 1.29 is 14.6 Å². The second-order valence-corrected chi connectivity index (χ2v) is 4.61. The van der Waals surface area contributed by atoms with Gasteiger partial charge in [-0.05, 0) is 17.5 Å². The molecule has 0 amide bonds. The lowest BCUT2D eigenvalue weighted by atomic mass is 9.98. The molecular weight excluding hydrogens is 280 g/mol. The fourth-order valence-corrected chi connectivity index (χ4v) is 2.13. The van der Waals surface area contributed by atoms with Crippen LogP contribution in [0.4, 0.5) is 0 Å². The minimum absolute atomic E-state index is 0.416. The minimum Gasteiger partial charge on any atom is -0.501 e. The molecule has 0 spiro atoms. The van der Waals surface area contributed by atoms with Gasteiger partial charge in [-0.3, -0.25) is 0 Å². The third kappa shape index (κ3) is 3.30. The Morgan fingerprint density at radius 2 is 1.77 bits per heavy atom. The van der Waals surface area contributed by atoms with Crippen LogP contribution in [0, 0.1) is 5.39 Å². The van der Waals surface area contributed by atoms with E-state index in [4.69, 9.17) is 5.39 Å². The van der Waals surface area contributed by atoms with Gasteiger partial charge in [-0.15, -0.1) is 0 Å². The van der Waals surface area contributed by atoms with Crippen LogP contribution < -0.4 is 0 Å². The van der Waals surface area contributed by atoms with E-state index < -0.39 is 17.4 Å². The van der Waals surface area contributed by atoms with Gasteiger partial charge in [-0.25, -0.2) is 4.79 Å². The Labute approximate surface area is 128 Å². The molecule has 22 heavy (non-hydrogen) atoms. The van der Waals surface area contributed by atoms with Crippen LogP contribution in [0.5, 0.6) is 0 Å². The third-order valence-corrected chi connectivity index (χ3v) is 3.21. The Morgan fingerprint density at radius 3 is 2.41 bits per heavy atom. The average molecular weight is 295 g/mol. The number of methoxy groups -OCH3 is 1. The van der Waals surface area contributed by atoms with Crippen LogP contribution >= 0.6 is 0 Å². The number of hydrogen-bond donors (Lipinski definition) is 1. The molecule has 0 saturated carbocycles. The van der Waals surface area contributed by atoms with E-state index in [-0.39, 0.29) is 0 Å². The van der Waals surface area contributed by atoms with E-state index in [9.17, 15) is 9.90 Å². The average Bonchev–Trinajstić information content (AvgIpc) is 2.56. The highest BCUT2D eigenvalue weighted by atomic mass is 16.5. The van der Waals surface area contributed by atoms with Gasteiger partial charge in [0.15, 0.2) is 4.98 Å².